The number of nitrogens with one attached hydrogen (secondary N) is 1. The number of esters is 1. The molecule has 59 heavy (non-hydrogen) atoms. The summed E-state index contributed by atoms with van der Waals surface area (Å²) in [7, 11) is 3.98. The molecule has 7 rings (SSSR count). The fourth-order valence-electron chi connectivity index (χ4n) is 6.21. The van der Waals surface area contributed by atoms with Crippen molar-refractivity contribution in [1.29, 1.82) is 0 Å². The van der Waals surface area contributed by atoms with Gasteiger partial charge in [0, 0.05) is 67.0 Å². The van der Waals surface area contributed by atoms with Crippen LogP contribution in [0.3, 0.4) is 0 Å². The van der Waals surface area contributed by atoms with Crippen molar-refractivity contribution in [2.24, 2.45) is 16.0 Å². The molecule has 5 aromatic carbocycles. The molecule has 2 aliphatic heterocycles. The van der Waals surface area contributed by atoms with E-state index >= 15 is 0 Å². The van der Waals surface area contributed by atoms with Crippen LogP contribution >= 0.6 is 0 Å². The Morgan fingerprint density at radius 2 is 1.34 bits per heavy atom. The van der Waals surface area contributed by atoms with Crippen molar-refractivity contribution in [3.05, 3.63) is 150 Å². The number of phenolic OH excluding ortho intramolecular Hbond substituents is 2. The van der Waals surface area contributed by atoms with E-state index in [2.05, 4.69) is 10.2 Å². The molecule has 14 heteroatoms. The minimum atomic E-state index is -1.30. The smallest absolute Gasteiger partial charge is 0.677 e. The van der Waals surface area contributed by atoms with E-state index in [1.807, 2.05) is 49.5 Å². The molecular weight excluding hydrogens is 778 g/mol. The molecule has 0 saturated heterocycles. The molecule has 13 nitrogen and oxygen atoms in total. The third kappa shape index (κ3) is 11.7. The molecule has 0 aromatic heterocycles. The van der Waals surface area contributed by atoms with Crippen LogP contribution in [0, 0.1) is 7.43 Å². The van der Waals surface area contributed by atoms with Gasteiger partial charge in [-0.05, 0) is 61.0 Å². The second-order valence-electron chi connectivity index (χ2n) is 13.4. The van der Waals surface area contributed by atoms with Gasteiger partial charge in [0.2, 0.25) is 5.91 Å². The van der Waals surface area contributed by atoms with E-state index in [0.717, 1.165) is 30.6 Å². The Hall–Kier alpha value is -5.22. The molecule has 2 aliphatic rings. The van der Waals surface area contributed by atoms with Crippen LogP contribution in [0.2, 0.25) is 0 Å². The minimum Gasteiger partial charge on any atom is -0.677 e. The third-order valence-corrected chi connectivity index (χ3v) is 9.15. The molecule has 1 amide bonds. The Labute approximate surface area is 386 Å². The van der Waals surface area contributed by atoms with E-state index in [1.165, 1.54) is 24.3 Å². The number of fused-ring (bicyclic) bond motifs is 6. The largest absolute Gasteiger partial charge is 1.00 e. The van der Waals surface area contributed by atoms with Crippen molar-refractivity contribution in [2.45, 2.75) is 44.6 Å². The van der Waals surface area contributed by atoms with Crippen molar-refractivity contribution >= 4 is 41.0 Å². The van der Waals surface area contributed by atoms with Crippen molar-refractivity contribution in [3.8, 4) is 23.0 Å². The van der Waals surface area contributed by atoms with Gasteiger partial charge in [0.15, 0.2) is 11.4 Å². The van der Waals surface area contributed by atoms with E-state index in [4.69, 9.17) is 20.9 Å². The summed E-state index contributed by atoms with van der Waals surface area (Å²) in [4.78, 5) is 47.6. The number of aromatic hydroxyl groups is 2. The maximum atomic E-state index is 12.9. The summed E-state index contributed by atoms with van der Waals surface area (Å²) in [6.45, 7) is 2.22. The SMILES string of the molecule is CCC(=O)c1ccc2c(c1)C(=O)OC21c2ccc(O)cc2Oc2cc(O)ccc21.CN(C)c1ccc(N=Nc2ccc([C-]=O)cc2)cc1.[CH3-].[K+].[NH-]CCCCCC(N)=O. The second kappa shape index (κ2) is 22.2. The monoisotopic (exact) mass is 823 g/mol. The predicted octanol–water partition coefficient (Wildman–Crippen LogP) is 6.42. The number of azo groups is 1. The van der Waals surface area contributed by atoms with Gasteiger partial charge in [0.05, 0.1) is 23.2 Å². The van der Waals surface area contributed by atoms with Crippen molar-refractivity contribution in [1.82, 2.24) is 0 Å². The fraction of sp³-hybridized carbons (Fsp3) is 0.222. The van der Waals surface area contributed by atoms with Crippen molar-refractivity contribution in [2.75, 3.05) is 25.5 Å². The van der Waals surface area contributed by atoms with Crippen LogP contribution in [0.15, 0.2) is 113 Å². The Balaban J connectivity index is 0.000000268. The molecule has 1 spiro atoms. The number of amides is 1. The number of rotatable bonds is 11. The van der Waals surface area contributed by atoms with Crippen LogP contribution in [-0.2, 0) is 19.9 Å². The first kappa shape index (κ1) is 48.1. The molecule has 0 bridgehead atoms. The predicted molar refractivity (Wildman–Crippen MR) is 222 cm³/mol. The number of primary amides is 1. The van der Waals surface area contributed by atoms with Gasteiger partial charge in [0.1, 0.15) is 23.0 Å². The molecule has 2 heterocycles. The second-order valence-corrected chi connectivity index (χ2v) is 13.4. The zero-order valence-corrected chi connectivity index (χ0v) is 36.9. The fourth-order valence-corrected chi connectivity index (χ4v) is 6.21. The number of anilines is 1. The van der Waals surface area contributed by atoms with E-state index in [9.17, 15) is 29.4 Å². The maximum absolute atomic E-state index is 12.9. The number of phenols is 2. The number of nitrogens with two attached hydrogens (primary N) is 1. The van der Waals surface area contributed by atoms with Gasteiger partial charge >= 0.3 is 57.4 Å². The van der Waals surface area contributed by atoms with Gasteiger partial charge in [-0.25, -0.2) is 4.79 Å². The van der Waals surface area contributed by atoms with Crippen LogP contribution in [0.1, 0.15) is 82.0 Å². The average Bonchev–Trinajstić information content (AvgIpc) is 3.50. The summed E-state index contributed by atoms with van der Waals surface area (Å²) in [6.07, 6.45) is 5.29. The maximum Gasteiger partial charge on any atom is 1.00 e. The summed E-state index contributed by atoms with van der Waals surface area (Å²) in [6, 6.07) is 28.7. The topological polar surface area (TPSA) is 205 Å². The zero-order chi connectivity index (χ0) is 41.1. The summed E-state index contributed by atoms with van der Waals surface area (Å²) in [5.74, 6) is -0.225. The van der Waals surface area contributed by atoms with Crippen LogP contribution in [0.4, 0.5) is 17.1 Å². The third-order valence-electron chi connectivity index (χ3n) is 9.15. The number of ether oxygens (including phenoxy) is 2. The van der Waals surface area contributed by atoms with Crippen LogP contribution in [-0.4, -0.2) is 54.8 Å². The quantitative estimate of drug-likeness (QED) is 0.0335. The number of hydrogen-bond donors (Lipinski definition) is 3. The van der Waals surface area contributed by atoms with E-state index in [-0.39, 0.29) is 82.0 Å². The van der Waals surface area contributed by atoms with Gasteiger partial charge in [-0.1, -0.05) is 44.0 Å². The van der Waals surface area contributed by atoms with Gasteiger partial charge in [-0.3, -0.25) is 9.59 Å². The first-order valence-electron chi connectivity index (χ1n) is 18.3. The number of unbranched alkanes of at least 4 members (excludes halogenated alkanes) is 2. The Bertz CT molecular complexity index is 2230. The zero-order valence-electron chi connectivity index (χ0n) is 33.8. The molecule has 0 atom stereocenters. The number of hydrogen-bond acceptors (Lipinski definition) is 11. The minimum absolute atomic E-state index is 0. The molecule has 0 aliphatic carbocycles. The first-order chi connectivity index (χ1) is 27.4. The van der Waals surface area contributed by atoms with Crippen LogP contribution in [0.5, 0.6) is 23.0 Å². The summed E-state index contributed by atoms with van der Waals surface area (Å²) in [5.41, 5.74) is 15.9. The van der Waals surface area contributed by atoms with Gasteiger partial charge < -0.3 is 48.3 Å². The molecular formula is C45H46KN5O8-2. The summed E-state index contributed by atoms with van der Waals surface area (Å²) in [5, 5.41) is 28.1. The van der Waals surface area contributed by atoms with Gasteiger partial charge in [0.25, 0.3) is 0 Å². The Kier molecular flexibility index (Phi) is 18.1. The van der Waals surface area contributed by atoms with E-state index < -0.39 is 11.6 Å². The van der Waals surface area contributed by atoms with Crippen molar-refractivity contribution < 1.29 is 90.2 Å². The number of nitrogens with zero attached hydrogens (tertiary/aromatic N) is 3. The van der Waals surface area contributed by atoms with E-state index in [1.54, 1.807) is 61.5 Å². The van der Waals surface area contributed by atoms with E-state index in [0.29, 0.717) is 70.0 Å². The van der Waals surface area contributed by atoms with Gasteiger partial charge in [-0.2, -0.15) is 34.5 Å². The molecule has 0 radical (unpaired) electrons. The molecule has 5 aromatic rings. The number of carbonyl (C=O) groups is 3. The molecule has 0 saturated carbocycles. The Morgan fingerprint density at radius 1 is 0.797 bits per heavy atom. The number of ketones is 1. The van der Waals surface area contributed by atoms with Gasteiger partial charge in [-0.15, -0.1) is 0 Å². The number of benzene rings is 5. The molecule has 0 fully saturated rings. The molecule has 302 valence electrons. The standard InChI is InChI=1S/C23H16O6.C15H14N3O.C6H13N2O.CH3.K/c1-2-19(26)12-3-6-16-15(9-12)22(27)29-23(16)17-7-4-13(24)10-20(17)28-21-11-14(25)5-8-18(21)23;1-18(2)15-9-7-14(8-10-15)17-16-13-5-3-12(11-19)4-6-13;7-5-3-1-2-4-6(8)9;;/h3-11,24-25H,2H2,1H3;3-10H,1-2H3;7H,1-5H2,(H2,8,9);1H3;/q;3*-1;+1. The molecule has 0 unspecified atom stereocenters. The number of Topliss-reactive ketones (excluding diaryl/α,β-unsaturated/α-hetero) is 1. The number of carbonyl (C=O) groups excluding carboxylic acids is 4. The summed E-state index contributed by atoms with van der Waals surface area (Å²) < 4.78 is 11.9. The normalized spacial score (nSPS) is 12.3. The van der Waals surface area contributed by atoms with Crippen LogP contribution < -0.4 is 66.8 Å². The van der Waals surface area contributed by atoms with Crippen LogP contribution in [0.25, 0.3) is 5.73 Å². The summed E-state index contributed by atoms with van der Waals surface area (Å²) >= 11 is 0. The first-order valence-corrected chi connectivity index (χ1v) is 18.3. The Morgan fingerprint density at radius 3 is 1.83 bits per heavy atom. The average molecular weight is 824 g/mol. The molecule has 5 N–H and O–H groups in total. The van der Waals surface area contributed by atoms with Crippen molar-refractivity contribution in [3.63, 3.8) is 0 Å².